The molecule has 0 amide bonds. The lowest BCUT2D eigenvalue weighted by Gasteiger charge is -2.62. The summed E-state index contributed by atoms with van der Waals surface area (Å²) < 4.78 is 87.5. The molecule has 4 aromatic heterocycles. The van der Waals surface area contributed by atoms with Gasteiger partial charge in [-0.1, -0.05) is 11.8 Å². The van der Waals surface area contributed by atoms with E-state index >= 15 is 4.79 Å². The third-order valence-electron chi connectivity index (χ3n) is 26.1. The second-order valence-corrected chi connectivity index (χ2v) is 31.6. The van der Waals surface area contributed by atoms with Gasteiger partial charge in [-0.3, -0.25) is 9.13 Å². The fourth-order valence-corrected chi connectivity index (χ4v) is 24.2. The molecule has 476 valence electrons. The van der Waals surface area contributed by atoms with Crippen LogP contribution in [0.3, 0.4) is 0 Å². The summed E-state index contributed by atoms with van der Waals surface area (Å²) in [5.74, 6) is 9.48. The zero-order valence-electron chi connectivity index (χ0n) is 50.6. The van der Waals surface area contributed by atoms with E-state index < -0.39 is 88.9 Å². The number of hydrogen-bond donors (Lipinski definition) is 2. The molecule has 21 nitrogen and oxygen atoms in total. The number of carbonyl (C=O) groups excluding carboxylic acids is 3. The summed E-state index contributed by atoms with van der Waals surface area (Å²) in [5.41, 5.74) is 6.48. The first-order valence-corrected chi connectivity index (χ1v) is 33.7. The SMILES string of the molecule is C#C[C@@]1(CC2C3CC4CC(C3)CC2(OC(=O)OC23CC5CC(CC(C5)C2C[C@]2(C#C)O[C@@H](n5cnc6c(N)nc(F)nc65)C[C@@H]2OC(=O)OC25CC6CC(CC(C6)C2)C5)C3)C4)O[C@@H](n2cnc3c(N)nc(F)nc32)C[C@@H]1OC(=O)OC12CC3CC(CC(C3)C1)C2. The van der Waals surface area contributed by atoms with E-state index in [4.69, 9.17) is 62.2 Å². The van der Waals surface area contributed by atoms with Crippen LogP contribution in [0.2, 0.25) is 0 Å². The van der Waals surface area contributed by atoms with Crippen molar-refractivity contribution in [1.29, 1.82) is 0 Å². The Morgan fingerprint density at radius 1 is 0.489 bits per heavy atom. The van der Waals surface area contributed by atoms with Crippen LogP contribution in [0, 0.1) is 120 Å². The topological polar surface area (TPSA) is 264 Å². The molecule has 18 aliphatic rings. The number of hydrogen-bond acceptors (Lipinski definition) is 19. The van der Waals surface area contributed by atoms with Crippen LogP contribution in [-0.2, 0) is 37.9 Å². The van der Waals surface area contributed by atoms with Crippen molar-refractivity contribution >= 4 is 52.4 Å². The maximum Gasteiger partial charge on any atom is 0.509 e. The Morgan fingerprint density at radius 3 is 1.16 bits per heavy atom. The molecule has 2 saturated heterocycles. The van der Waals surface area contributed by atoms with Gasteiger partial charge in [0.05, 0.1) is 12.7 Å². The van der Waals surface area contributed by atoms with E-state index in [9.17, 15) is 18.4 Å². The second-order valence-electron chi connectivity index (χ2n) is 31.6. The Morgan fingerprint density at radius 2 is 0.822 bits per heavy atom. The van der Waals surface area contributed by atoms with Crippen molar-refractivity contribution in [2.75, 3.05) is 11.5 Å². The lowest BCUT2D eigenvalue weighted by Crippen LogP contribution is -2.63. The van der Waals surface area contributed by atoms with E-state index in [-0.39, 0.29) is 83.3 Å². The van der Waals surface area contributed by atoms with E-state index in [0.29, 0.717) is 84.9 Å². The number of halogens is 2. The largest absolute Gasteiger partial charge is 0.509 e. The Hall–Kier alpha value is -6.59. The van der Waals surface area contributed by atoms with Crippen molar-refractivity contribution in [3.05, 3.63) is 24.8 Å². The summed E-state index contributed by atoms with van der Waals surface area (Å²) in [6.45, 7) is 0. The molecule has 0 spiro atoms. The first-order chi connectivity index (χ1) is 43.3. The van der Waals surface area contributed by atoms with E-state index in [1.165, 1.54) is 12.7 Å². The molecule has 2 aliphatic heterocycles. The quantitative estimate of drug-likeness (QED) is 0.0578. The zero-order chi connectivity index (χ0) is 61.0. The molecule has 16 bridgehead atoms. The number of nitrogens with two attached hydrogens (primary N) is 2. The number of nitrogens with zero attached hydrogens (tertiary/aromatic N) is 8. The second kappa shape index (κ2) is 19.7. The summed E-state index contributed by atoms with van der Waals surface area (Å²) in [7, 11) is 0. The van der Waals surface area contributed by atoms with E-state index in [1.54, 1.807) is 9.13 Å². The van der Waals surface area contributed by atoms with Gasteiger partial charge in [0.1, 0.15) is 47.1 Å². The van der Waals surface area contributed by atoms with Gasteiger partial charge < -0.3 is 49.4 Å². The molecule has 16 aliphatic carbocycles. The molecular formula is C67H78F2N10O11. The molecule has 23 heteroatoms. The van der Waals surface area contributed by atoms with Crippen LogP contribution in [0.15, 0.2) is 12.7 Å². The van der Waals surface area contributed by atoms with Gasteiger partial charge in [0.25, 0.3) is 0 Å². The number of nitrogen functional groups attached to an aromatic ring is 2. The normalized spacial score (nSPS) is 45.7. The number of rotatable bonds is 12. The molecule has 22 rings (SSSR count). The van der Waals surface area contributed by atoms with Crippen LogP contribution in [0.25, 0.3) is 22.3 Å². The Balaban J connectivity index is 0.649. The molecule has 0 radical (unpaired) electrons. The molecule has 6 unspecified atom stereocenters. The van der Waals surface area contributed by atoms with Gasteiger partial charge in [-0.25, -0.2) is 24.4 Å². The average molecular weight is 1240 g/mol. The number of fused-ring (bicyclic) bond motifs is 2. The number of carbonyl (C=O) groups is 3. The third-order valence-corrected chi connectivity index (χ3v) is 26.1. The molecule has 0 aromatic carbocycles. The van der Waals surface area contributed by atoms with E-state index in [2.05, 4.69) is 41.7 Å². The summed E-state index contributed by atoms with van der Waals surface area (Å²) in [4.78, 5) is 69.0. The third kappa shape index (κ3) is 8.88. The summed E-state index contributed by atoms with van der Waals surface area (Å²) >= 11 is 0. The van der Waals surface area contributed by atoms with Gasteiger partial charge in [0.2, 0.25) is 0 Å². The van der Waals surface area contributed by atoms with Crippen molar-refractivity contribution in [3.8, 4) is 24.7 Å². The summed E-state index contributed by atoms with van der Waals surface area (Å²) in [5, 5.41) is 0. The number of terminal acetylenes is 2. The van der Waals surface area contributed by atoms with Gasteiger partial charge in [-0.05, 0) is 225 Å². The van der Waals surface area contributed by atoms with Crippen molar-refractivity contribution in [2.24, 2.45) is 82.9 Å². The molecule has 12 atom stereocenters. The molecular weight excluding hydrogens is 1160 g/mol. The lowest BCUT2D eigenvalue weighted by molar-refractivity contribution is -0.232. The smallest absolute Gasteiger partial charge is 0.428 e. The monoisotopic (exact) mass is 1240 g/mol. The fraction of sp³-hybridized carbons (Fsp3) is 0.746. The minimum atomic E-state index is -1.58. The van der Waals surface area contributed by atoms with Gasteiger partial charge in [0, 0.05) is 24.7 Å². The Kier molecular flexibility index (Phi) is 12.3. The maximum atomic E-state index is 15.6. The van der Waals surface area contributed by atoms with E-state index in [0.717, 1.165) is 116 Å². The molecule has 18 fully saturated rings. The Labute approximate surface area is 519 Å². The molecule has 90 heavy (non-hydrogen) atoms. The van der Waals surface area contributed by atoms with E-state index in [1.807, 2.05) is 0 Å². The van der Waals surface area contributed by atoms with Crippen LogP contribution in [0.5, 0.6) is 0 Å². The molecule has 4 aromatic rings. The first kappa shape index (κ1) is 56.2. The zero-order valence-corrected chi connectivity index (χ0v) is 50.6. The Bertz CT molecular complexity index is 3420. The lowest BCUT2D eigenvalue weighted by atomic mass is 9.48. The van der Waals surface area contributed by atoms with Gasteiger partial charge >= 0.3 is 30.6 Å². The number of anilines is 2. The minimum absolute atomic E-state index is 0.0578. The van der Waals surface area contributed by atoms with Gasteiger partial charge in [0.15, 0.2) is 45.2 Å². The number of ether oxygens (including phenoxy) is 8. The number of aromatic nitrogens is 8. The molecule has 6 heterocycles. The molecule has 16 saturated carbocycles. The van der Waals surface area contributed by atoms with Crippen molar-refractivity contribution in [2.45, 2.75) is 225 Å². The van der Waals surface area contributed by atoms with Crippen LogP contribution in [0.1, 0.15) is 179 Å². The summed E-state index contributed by atoms with van der Waals surface area (Å²) in [6, 6.07) is 0. The highest BCUT2D eigenvalue weighted by atomic mass is 19.1. The minimum Gasteiger partial charge on any atom is -0.428 e. The van der Waals surface area contributed by atoms with Crippen LogP contribution in [-0.4, -0.2) is 103 Å². The average Bonchev–Trinajstić information content (AvgIpc) is 0.941. The summed E-state index contributed by atoms with van der Waals surface area (Å²) in [6.07, 6.45) is 28.4. The number of imidazole rings is 2. The molecule has 4 N–H and O–H groups in total. The van der Waals surface area contributed by atoms with Crippen molar-refractivity contribution in [3.63, 3.8) is 0 Å². The van der Waals surface area contributed by atoms with Crippen LogP contribution >= 0.6 is 0 Å². The first-order valence-electron chi connectivity index (χ1n) is 33.7. The predicted octanol–water partition coefficient (Wildman–Crippen LogP) is 11.0. The van der Waals surface area contributed by atoms with Crippen molar-refractivity contribution in [1.82, 2.24) is 39.0 Å². The van der Waals surface area contributed by atoms with Crippen molar-refractivity contribution < 1.29 is 61.1 Å². The maximum absolute atomic E-state index is 15.6. The highest BCUT2D eigenvalue weighted by Crippen LogP contribution is 2.66. The van der Waals surface area contributed by atoms with Crippen LogP contribution in [0.4, 0.5) is 34.8 Å². The fourth-order valence-electron chi connectivity index (χ4n) is 24.2. The standard InChI is InChI=1S/C67H78F2N10O11/c1-3-64(47(17-49(85-64)78-31-72-51-53(70)74-57(68)76-55(51)78)83-59(80)87-62-19-33-5-34(20-62)7-35(6-33)21-62)29-45-43-13-39-11-40(14-43)26-66(45,25-39)89-61(82)90-67-27-41-12-42(28-67)16-44(15-41)46(67)30-65(4-2)48(18-50(86-65)79-32-73-52-54(71)75-58(69)77-56(52)79)84-60(81)88-63-22-36-8-37(23-63)10-38(9-36)24-63/h1-2,31-50H,5-30H2,(H2,70,74,76)(H2,71,75,77)/t33?,34?,35?,36?,37?,38?,39?,40?,41?,42?,43?,44?,45?,46?,47-,48-,49+,50+,62?,63?,64-,65-,66?,67?/m0/s1. The highest BCUT2D eigenvalue weighted by molar-refractivity contribution is 5.82. The van der Waals surface area contributed by atoms with Gasteiger partial charge in [-0.2, -0.15) is 28.7 Å². The van der Waals surface area contributed by atoms with Crippen LogP contribution < -0.4 is 11.5 Å². The highest BCUT2D eigenvalue weighted by Gasteiger charge is 2.68. The van der Waals surface area contributed by atoms with Gasteiger partial charge in [-0.15, -0.1) is 12.8 Å². The predicted molar refractivity (Wildman–Crippen MR) is 313 cm³/mol.